The van der Waals surface area contributed by atoms with E-state index in [1.54, 1.807) is 18.0 Å². The van der Waals surface area contributed by atoms with E-state index in [2.05, 4.69) is 21.8 Å². The molecule has 0 unspecified atom stereocenters. The minimum absolute atomic E-state index is 0.0326. The first-order chi connectivity index (χ1) is 21.4. The quantitative estimate of drug-likeness (QED) is 0.166. The second kappa shape index (κ2) is 14.5. The van der Waals surface area contributed by atoms with Gasteiger partial charge in [0, 0.05) is 55.4 Å². The maximum absolute atomic E-state index is 12.9. The number of likely N-dealkylation sites (N-methyl/N-ethyl adjacent to an activating group) is 2. The van der Waals surface area contributed by atoms with E-state index in [4.69, 9.17) is 9.55 Å². The summed E-state index contributed by atoms with van der Waals surface area (Å²) in [6, 6.07) is 21.6. The van der Waals surface area contributed by atoms with E-state index in [0.717, 1.165) is 37.4 Å². The lowest BCUT2D eigenvalue weighted by Gasteiger charge is -2.32. The molecule has 12 nitrogen and oxygen atoms in total. The molecule has 1 fully saturated rings. The summed E-state index contributed by atoms with van der Waals surface area (Å²) in [5, 5.41) is 20.9. The smallest absolute Gasteiger partial charge is 0.335 e. The molecule has 0 atom stereocenters. The van der Waals surface area contributed by atoms with Crippen LogP contribution < -0.4 is 4.90 Å². The molecule has 1 saturated heterocycles. The van der Waals surface area contributed by atoms with Gasteiger partial charge in [0.15, 0.2) is 5.88 Å². The first kappa shape index (κ1) is 33.3. The largest absolute Gasteiger partial charge is 0.494 e. The van der Waals surface area contributed by atoms with Crippen molar-refractivity contribution < 1.29 is 32.8 Å². The number of aliphatic imine (C=N–C) groups is 1. The van der Waals surface area contributed by atoms with Gasteiger partial charge in [0.05, 0.1) is 34.8 Å². The summed E-state index contributed by atoms with van der Waals surface area (Å²) >= 11 is 0. The molecule has 5 rings (SSSR count). The van der Waals surface area contributed by atoms with Gasteiger partial charge in [0.25, 0.3) is 10.1 Å². The molecule has 3 aromatic carbocycles. The Kier molecular flexibility index (Phi) is 10.7. The second-order valence-corrected chi connectivity index (χ2v) is 12.4. The molecule has 45 heavy (non-hydrogen) atoms. The van der Waals surface area contributed by atoms with Crippen LogP contribution in [-0.2, 0) is 14.9 Å². The lowest BCUT2D eigenvalue weighted by atomic mass is 10.00. The molecular weight excluding hydrogens is 598 g/mol. The highest BCUT2D eigenvalue weighted by atomic mass is 32.2. The third-order valence-corrected chi connectivity index (χ3v) is 8.21. The number of carboxylic acids is 1. The SMILES string of the molecule is CCS(=O)(=O)O.CN1CCN(CC(=O)N(C)c2ccc(N=C(c3ccccc3)c3c(O)[nH]c4cc(C(=O)O)ccc34)cc2)CC1. The number of rotatable bonds is 8. The van der Waals surface area contributed by atoms with Gasteiger partial charge in [-0.15, -0.1) is 0 Å². The molecular formula is C32H37N5O7S. The van der Waals surface area contributed by atoms with Gasteiger partial charge >= 0.3 is 5.97 Å². The number of aromatic amines is 1. The number of benzene rings is 3. The van der Waals surface area contributed by atoms with Crippen molar-refractivity contribution in [2.75, 3.05) is 57.5 Å². The molecule has 4 N–H and O–H groups in total. The number of aromatic carboxylic acids is 1. The highest BCUT2D eigenvalue weighted by molar-refractivity contribution is 7.85. The zero-order valence-corrected chi connectivity index (χ0v) is 26.2. The normalized spacial score (nSPS) is 14.5. The third kappa shape index (κ3) is 8.76. The Morgan fingerprint density at radius 2 is 1.58 bits per heavy atom. The molecule has 1 aromatic heterocycles. The number of piperazine rings is 1. The van der Waals surface area contributed by atoms with E-state index >= 15 is 0 Å². The lowest BCUT2D eigenvalue weighted by Crippen LogP contribution is -2.48. The molecule has 0 spiro atoms. The Balaban J connectivity index is 0.000000700. The number of carboxylic acid groups (broad SMARTS) is 1. The summed E-state index contributed by atoms with van der Waals surface area (Å²) < 4.78 is 26.9. The van der Waals surface area contributed by atoms with Crippen molar-refractivity contribution in [1.29, 1.82) is 0 Å². The summed E-state index contributed by atoms with van der Waals surface area (Å²) in [5.74, 6) is -1.31. The van der Waals surface area contributed by atoms with Crippen molar-refractivity contribution in [3.05, 3.63) is 89.5 Å². The average molecular weight is 636 g/mol. The van der Waals surface area contributed by atoms with Crippen molar-refractivity contribution in [1.82, 2.24) is 14.8 Å². The van der Waals surface area contributed by atoms with Crippen molar-refractivity contribution in [2.45, 2.75) is 6.92 Å². The second-order valence-electron chi connectivity index (χ2n) is 10.7. The Hall–Kier alpha value is -4.56. The molecule has 13 heteroatoms. The van der Waals surface area contributed by atoms with Crippen molar-refractivity contribution in [3.63, 3.8) is 0 Å². The Labute approximate surface area is 262 Å². The van der Waals surface area contributed by atoms with Crippen molar-refractivity contribution >= 4 is 50.0 Å². The van der Waals surface area contributed by atoms with Crippen molar-refractivity contribution in [2.24, 2.45) is 4.99 Å². The number of hydrogen-bond acceptors (Lipinski definition) is 8. The minimum atomic E-state index is -3.66. The van der Waals surface area contributed by atoms with Crippen LogP contribution in [0.3, 0.4) is 0 Å². The molecule has 0 aliphatic carbocycles. The van der Waals surface area contributed by atoms with E-state index in [0.29, 0.717) is 34.4 Å². The van der Waals surface area contributed by atoms with Crippen LogP contribution in [-0.4, -0.2) is 108 Å². The minimum Gasteiger partial charge on any atom is -0.494 e. The molecule has 0 bridgehead atoms. The molecule has 0 saturated carbocycles. The Bertz CT molecular complexity index is 1780. The fourth-order valence-electron chi connectivity index (χ4n) is 4.74. The number of aromatic hydroxyl groups is 1. The van der Waals surface area contributed by atoms with Crippen LogP contribution in [0.15, 0.2) is 77.8 Å². The summed E-state index contributed by atoms with van der Waals surface area (Å²) in [6.07, 6.45) is 0. The van der Waals surface area contributed by atoms with Gasteiger partial charge in [0.2, 0.25) is 5.91 Å². The van der Waals surface area contributed by atoms with Gasteiger partial charge in [-0.2, -0.15) is 8.42 Å². The number of nitrogens with one attached hydrogen (secondary N) is 1. The van der Waals surface area contributed by atoms with E-state index < -0.39 is 16.1 Å². The average Bonchev–Trinajstić information content (AvgIpc) is 3.35. The van der Waals surface area contributed by atoms with Crippen LogP contribution in [0, 0.1) is 0 Å². The standard InChI is InChI=1S/C30H31N5O4.C2H6O3S/c1-33-14-16-35(17-15-33)19-26(36)34(2)23-11-9-22(10-12-23)31-28(20-6-4-3-5-7-20)27-24-13-8-21(30(38)39)18-25(24)32-29(27)37;1-2-6(3,4)5/h3-13,18,32,37H,14-17,19H2,1-2H3,(H,38,39);2H2,1H3,(H,3,4,5). The van der Waals surface area contributed by atoms with Gasteiger partial charge in [-0.05, 0) is 50.4 Å². The van der Waals surface area contributed by atoms with Crippen LogP contribution in [0.25, 0.3) is 10.9 Å². The van der Waals surface area contributed by atoms with Gasteiger partial charge in [-0.25, -0.2) is 9.79 Å². The lowest BCUT2D eigenvalue weighted by molar-refractivity contribution is -0.119. The fraction of sp³-hybridized carbons (Fsp3) is 0.281. The zero-order valence-electron chi connectivity index (χ0n) is 25.3. The first-order valence-electron chi connectivity index (χ1n) is 14.3. The van der Waals surface area contributed by atoms with E-state index in [1.807, 2.05) is 54.6 Å². The molecule has 4 aromatic rings. The van der Waals surface area contributed by atoms with Gasteiger partial charge in [0.1, 0.15) is 0 Å². The third-order valence-electron chi connectivity index (χ3n) is 7.48. The molecule has 238 valence electrons. The molecule has 1 aliphatic heterocycles. The maximum Gasteiger partial charge on any atom is 0.335 e. The van der Waals surface area contributed by atoms with Crippen molar-refractivity contribution in [3.8, 4) is 5.88 Å². The number of anilines is 1. The number of hydrogen-bond donors (Lipinski definition) is 4. The number of fused-ring (bicyclic) bond motifs is 1. The van der Waals surface area contributed by atoms with Crippen LogP contribution in [0.1, 0.15) is 28.4 Å². The number of amides is 1. The number of carbonyl (C=O) groups excluding carboxylic acids is 1. The highest BCUT2D eigenvalue weighted by Crippen LogP contribution is 2.32. The van der Waals surface area contributed by atoms with Gasteiger partial charge in [-0.3, -0.25) is 14.2 Å². The number of carbonyl (C=O) groups is 2. The number of aromatic nitrogens is 1. The topological polar surface area (TPSA) is 167 Å². The van der Waals surface area contributed by atoms with Gasteiger partial charge < -0.3 is 25.0 Å². The van der Waals surface area contributed by atoms with Crippen LogP contribution in [0.5, 0.6) is 5.88 Å². The monoisotopic (exact) mass is 635 g/mol. The number of H-pyrrole nitrogens is 1. The molecule has 2 heterocycles. The highest BCUT2D eigenvalue weighted by Gasteiger charge is 2.21. The molecule has 1 aliphatic rings. The summed E-state index contributed by atoms with van der Waals surface area (Å²) in [5.41, 5.74) is 3.85. The van der Waals surface area contributed by atoms with E-state index in [9.17, 15) is 28.2 Å². The first-order valence-corrected chi connectivity index (χ1v) is 15.9. The maximum atomic E-state index is 12.9. The summed E-state index contributed by atoms with van der Waals surface area (Å²) in [6.45, 7) is 5.43. The van der Waals surface area contributed by atoms with E-state index in [1.165, 1.54) is 19.1 Å². The zero-order chi connectivity index (χ0) is 32.7. The Morgan fingerprint density at radius 1 is 0.956 bits per heavy atom. The molecule has 1 amide bonds. The summed E-state index contributed by atoms with van der Waals surface area (Å²) in [4.78, 5) is 38.2. The van der Waals surface area contributed by atoms with Gasteiger partial charge in [-0.1, -0.05) is 36.4 Å². The Morgan fingerprint density at radius 3 is 2.16 bits per heavy atom. The van der Waals surface area contributed by atoms with Crippen LogP contribution in [0.4, 0.5) is 11.4 Å². The summed E-state index contributed by atoms with van der Waals surface area (Å²) in [7, 11) is 0.208. The fourth-order valence-corrected chi connectivity index (χ4v) is 4.74. The predicted octanol–water partition coefficient (Wildman–Crippen LogP) is 3.85. The van der Waals surface area contributed by atoms with Crippen LogP contribution >= 0.6 is 0 Å². The van der Waals surface area contributed by atoms with Crippen LogP contribution in [0.2, 0.25) is 0 Å². The molecule has 0 radical (unpaired) electrons. The van der Waals surface area contributed by atoms with E-state index in [-0.39, 0.29) is 23.1 Å². The number of nitrogens with zero attached hydrogens (tertiary/aromatic N) is 4. The predicted molar refractivity (Wildman–Crippen MR) is 175 cm³/mol.